The summed E-state index contributed by atoms with van der Waals surface area (Å²) in [4.78, 5) is 25.5. The highest BCUT2D eigenvalue weighted by Gasteiger charge is 2.29. The van der Waals surface area contributed by atoms with Crippen molar-refractivity contribution in [2.45, 2.75) is 64.0 Å². The number of aromatic nitrogens is 1. The Balaban J connectivity index is 1.38. The molecular formula is C28H31N3O3. The summed E-state index contributed by atoms with van der Waals surface area (Å²) in [5, 5.41) is 2.94. The fraction of sp³-hybridized carbons (Fsp3) is 0.429. The highest BCUT2D eigenvalue weighted by molar-refractivity contribution is 5.92. The minimum atomic E-state index is -0.443. The average molecular weight is 458 g/mol. The number of amides is 1. The first-order chi connectivity index (χ1) is 16.7. The molecule has 0 saturated carbocycles. The number of esters is 1. The van der Waals surface area contributed by atoms with Crippen LogP contribution in [-0.2, 0) is 40.1 Å². The van der Waals surface area contributed by atoms with Crippen molar-refractivity contribution in [3.05, 3.63) is 59.3 Å². The fourth-order valence-electron chi connectivity index (χ4n) is 5.74. The van der Waals surface area contributed by atoms with Crippen molar-refractivity contribution < 1.29 is 14.3 Å². The van der Waals surface area contributed by atoms with Gasteiger partial charge in [-0.25, -0.2) is 5.43 Å². The summed E-state index contributed by atoms with van der Waals surface area (Å²) in [5.41, 5.74) is 10.8. The lowest BCUT2D eigenvalue weighted by Crippen LogP contribution is -2.55. The molecule has 1 saturated heterocycles. The van der Waals surface area contributed by atoms with E-state index in [0.29, 0.717) is 32.4 Å². The lowest BCUT2D eigenvalue weighted by atomic mass is 9.94. The predicted octanol–water partition coefficient (Wildman–Crippen LogP) is 4.17. The van der Waals surface area contributed by atoms with Crippen molar-refractivity contribution in [1.82, 2.24) is 15.0 Å². The van der Waals surface area contributed by atoms with E-state index in [1.165, 1.54) is 33.2 Å². The zero-order valence-corrected chi connectivity index (χ0v) is 19.5. The van der Waals surface area contributed by atoms with Gasteiger partial charge in [-0.05, 0) is 84.9 Å². The number of cyclic esters (lactones) is 1. The molecule has 6 nitrogen and oxygen atoms in total. The zero-order valence-electron chi connectivity index (χ0n) is 19.5. The van der Waals surface area contributed by atoms with Gasteiger partial charge in [0.2, 0.25) is 5.91 Å². The third kappa shape index (κ3) is 4.00. The van der Waals surface area contributed by atoms with Gasteiger partial charge in [0.25, 0.3) is 0 Å². The second-order valence-electron chi connectivity index (χ2n) is 9.82. The van der Waals surface area contributed by atoms with Crippen molar-refractivity contribution in [2.75, 3.05) is 13.2 Å². The summed E-state index contributed by atoms with van der Waals surface area (Å²) in [6.07, 6.45) is 8.82. The largest absolute Gasteiger partial charge is 0.464 e. The van der Waals surface area contributed by atoms with Gasteiger partial charge >= 0.3 is 5.97 Å². The van der Waals surface area contributed by atoms with Gasteiger partial charge in [0.05, 0.1) is 12.1 Å². The van der Waals surface area contributed by atoms with Crippen molar-refractivity contribution in [1.29, 1.82) is 0 Å². The van der Waals surface area contributed by atoms with Crippen LogP contribution in [0, 0.1) is 0 Å². The number of hydrogen-bond acceptors (Lipinski definition) is 4. The first kappa shape index (κ1) is 21.4. The number of aryl methyl sites for hydroxylation is 4. The quantitative estimate of drug-likeness (QED) is 0.515. The van der Waals surface area contributed by atoms with E-state index in [4.69, 9.17) is 4.74 Å². The van der Waals surface area contributed by atoms with E-state index in [0.717, 1.165) is 44.2 Å². The van der Waals surface area contributed by atoms with Gasteiger partial charge in [-0.15, -0.1) is 0 Å². The summed E-state index contributed by atoms with van der Waals surface area (Å²) >= 11 is 0. The molecule has 1 atom stereocenters. The third-order valence-corrected chi connectivity index (χ3v) is 7.47. The molecule has 34 heavy (non-hydrogen) atoms. The molecule has 1 aromatic heterocycles. The van der Waals surface area contributed by atoms with Crippen LogP contribution in [0.15, 0.2) is 42.6 Å². The molecule has 0 radical (unpaired) electrons. The zero-order chi connectivity index (χ0) is 23.1. The molecule has 1 fully saturated rings. The molecule has 176 valence electrons. The van der Waals surface area contributed by atoms with Crippen LogP contribution in [-0.4, -0.2) is 40.6 Å². The van der Waals surface area contributed by atoms with Crippen molar-refractivity contribution in [3.63, 3.8) is 0 Å². The van der Waals surface area contributed by atoms with Crippen LogP contribution in [0.4, 0.5) is 0 Å². The molecule has 6 heteroatoms. The number of hydrazine groups is 1. The number of rotatable bonds is 0. The number of carbonyl (C=O) groups is 2. The molecule has 0 aliphatic carbocycles. The Morgan fingerprint density at radius 3 is 2.74 bits per heavy atom. The topological polar surface area (TPSA) is 63.6 Å². The molecular weight excluding hydrogens is 426 g/mol. The molecule has 0 spiro atoms. The minimum absolute atomic E-state index is 0.0286. The Kier molecular flexibility index (Phi) is 5.61. The Labute approximate surface area is 199 Å². The SMILES string of the molecule is O=C1OCCCc2cn3c4c(cc(cc24)-c2cccc(c2)CCC(=O)N2CCCC1N2)CCC3. The molecule has 1 unspecified atom stereocenters. The van der Waals surface area contributed by atoms with Crippen LogP contribution < -0.4 is 5.43 Å². The number of nitrogens with zero attached hydrogens (tertiary/aromatic N) is 2. The second-order valence-corrected chi connectivity index (χ2v) is 9.82. The molecule has 3 aromatic rings. The van der Waals surface area contributed by atoms with Crippen LogP contribution >= 0.6 is 0 Å². The van der Waals surface area contributed by atoms with Crippen molar-refractivity contribution in [3.8, 4) is 11.1 Å². The standard InChI is InChI=1S/C28H31N3O3/c32-26-11-10-19-5-1-6-20(15-19)23-16-21-7-2-12-30-18-22(24(17-23)27(21)30)8-4-14-34-28(33)25-9-3-13-31(26)29-25/h1,5-6,15-18,25,29H,2-4,7-14H2. The van der Waals surface area contributed by atoms with Crippen LogP contribution in [0.5, 0.6) is 0 Å². The number of ether oxygens (including phenoxy) is 1. The van der Waals surface area contributed by atoms with E-state index >= 15 is 0 Å². The van der Waals surface area contributed by atoms with Gasteiger partial charge in [-0.1, -0.05) is 24.3 Å². The number of benzene rings is 2. The first-order valence-corrected chi connectivity index (χ1v) is 12.6. The highest BCUT2D eigenvalue weighted by Crippen LogP contribution is 2.35. The van der Waals surface area contributed by atoms with E-state index in [1.54, 1.807) is 5.01 Å². The number of nitrogens with one attached hydrogen (secondary N) is 1. The fourth-order valence-corrected chi connectivity index (χ4v) is 5.74. The van der Waals surface area contributed by atoms with Gasteiger partial charge in [-0.3, -0.25) is 14.6 Å². The lowest BCUT2D eigenvalue weighted by molar-refractivity contribution is -0.152. The number of fused-ring (bicyclic) bond motifs is 6. The molecule has 6 bridgehead atoms. The van der Waals surface area contributed by atoms with E-state index in [9.17, 15) is 9.59 Å². The van der Waals surface area contributed by atoms with Gasteiger partial charge < -0.3 is 9.30 Å². The maximum absolute atomic E-state index is 12.9. The van der Waals surface area contributed by atoms with Crippen LogP contribution in [0.2, 0.25) is 0 Å². The maximum Gasteiger partial charge on any atom is 0.324 e. The Morgan fingerprint density at radius 2 is 1.79 bits per heavy atom. The summed E-state index contributed by atoms with van der Waals surface area (Å²) in [7, 11) is 0. The molecule has 4 heterocycles. The Hall–Kier alpha value is -3.12. The van der Waals surface area contributed by atoms with E-state index in [1.807, 2.05) is 0 Å². The molecule has 1 N–H and O–H groups in total. The maximum atomic E-state index is 12.9. The summed E-state index contributed by atoms with van der Waals surface area (Å²) in [6, 6.07) is 12.8. The van der Waals surface area contributed by atoms with Gasteiger partial charge in [0.1, 0.15) is 6.04 Å². The molecule has 3 aliphatic heterocycles. The highest BCUT2D eigenvalue weighted by atomic mass is 16.5. The van der Waals surface area contributed by atoms with Gasteiger partial charge in [-0.2, -0.15) is 0 Å². The number of hydrogen-bond donors (Lipinski definition) is 1. The predicted molar refractivity (Wildman–Crippen MR) is 131 cm³/mol. The Morgan fingerprint density at radius 1 is 0.882 bits per heavy atom. The minimum Gasteiger partial charge on any atom is -0.464 e. The van der Waals surface area contributed by atoms with E-state index in [2.05, 4.69) is 52.6 Å². The summed E-state index contributed by atoms with van der Waals surface area (Å²) in [6.45, 7) is 2.09. The van der Waals surface area contributed by atoms with Crippen LogP contribution in [0.1, 0.15) is 48.8 Å². The third-order valence-electron chi connectivity index (χ3n) is 7.47. The summed E-state index contributed by atoms with van der Waals surface area (Å²) < 4.78 is 8.02. The smallest absolute Gasteiger partial charge is 0.324 e. The van der Waals surface area contributed by atoms with Crippen molar-refractivity contribution >= 4 is 22.8 Å². The normalized spacial score (nSPS) is 21.3. The first-order valence-electron chi connectivity index (χ1n) is 12.6. The van der Waals surface area contributed by atoms with Crippen molar-refractivity contribution in [2.24, 2.45) is 0 Å². The summed E-state index contributed by atoms with van der Waals surface area (Å²) in [5.74, 6) is -0.225. The molecule has 1 amide bonds. The Bertz CT molecular complexity index is 1260. The molecule has 2 aromatic carbocycles. The average Bonchev–Trinajstić information content (AvgIpc) is 3.23. The molecule has 3 aliphatic rings. The van der Waals surface area contributed by atoms with Crippen LogP contribution in [0.3, 0.4) is 0 Å². The van der Waals surface area contributed by atoms with Gasteiger partial charge in [0, 0.05) is 31.1 Å². The van der Waals surface area contributed by atoms with E-state index < -0.39 is 6.04 Å². The van der Waals surface area contributed by atoms with Crippen LogP contribution in [0.25, 0.3) is 22.0 Å². The lowest BCUT2D eigenvalue weighted by Gasteiger charge is -2.32. The molecule has 6 rings (SSSR count). The monoisotopic (exact) mass is 457 g/mol. The van der Waals surface area contributed by atoms with E-state index in [-0.39, 0.29) is 11.9 Å². The van der Waals surface area contributed by atoms with Gasteiger partial charge in [0.15, 0.2) is 0 Å². The number of carbonyl (C=O) groups excluding carboxylic acids is 2. The second kappa shape index (κ2) is 8.91.